The van der Waals surface area contributed by atoms with Crippen molar-refractivity contribution >= 4 is 21.7 Å². The van der Waals surface area contributed by atoms with Gasteiger partial charge in [-0.05, 0) is 25.1 Å². The normalized spacial score (nSPS) is 12.9. The second kappa shape index (κ2) is 3.83. The zero-order valence-electron chi connectivity index (χ0n) is 8.83. The second-order valence-electron chi connectivity index (χ2n) is 3.55. The molecule has 0 spiro atoms. The van der Waals surface area contributed by atoms with Gasteiger partial charge in [0.15, 0.2) is 0 Å². The van der Waals surface area contributed by atoms with Gasteiger partial charge in [0.1, 0.15) is 10.7 Å². The van der Waals surface area contributed by atoms with Gasteiger partial charge >= 0.3 is 0 Å². The maximum Gasteiger partial charge on any atom is 0.205 e. The van der Waals surface area contributed by atoms with E-state index < -0.39 is 16.6 Å². The Bertz CT molecular complexity index is 648. The van der Waals surface area contributed by atoms with E-state index >= 15 is 0 Å². The van der Waals surface area contributed by atoms with E-state index in [1.807, 2.05) is 0 Å². The second-order valence-corrected chi connectivity index (χ2v) is 4.87. The molecule has 1 aromatic carbocycles. The molecular formula is C11H10FNO2S. The lowest BCUT2D eigenvalue weighted by Crippen LogP contribution is -2.14. The summed E-state index contributed by atoms with van der Waals surface area (Å²) < 4.78 is 24.4. The predicted octanol–water partition coefficient (Wildman–Crippen LogP) is 1.71. The van der Waals surface area contributed by atoms with Crippen LogP contribution in [-0.2, 0) is 10.8 Å². The lowest BCUT2D eigenvalue weighted by Gasteiger charge is -2.05. The van der Waals surface area contributed by atoms with Crippen LogP contribution in [0.25, 0.3) is 10.9 Å². The van der Waals surface area contributed by atoms with Crippen molar-refractivity contribution in [3.63, 3.8) is 0 Å². The molecule has 2 rings (SSSR count). The minimum Gasteiger partial charge on any atom is -0.357 e. The highest BCUT2D eigenvalue weighted by atomic mass is 32.2. The van der Waals surface area contributed by atoms with Gasteiger partial charge in [-0.15, -0.1) is 0 Å². The van der Waals surface area contributed by atoms with Crippen LogP contribution < -0.4 is 5.43 Å². The Kier molecular flexibility index (Phi) is 2.63. The highest BCUT2D eigenvalue weighted by Crippen LogP contribution is 2.14. The van der Waals surface area contributed by atoms with Crippen LogP contribution >= 0.6 is 0 Å². The summed E-state index contributed by atoms with van der Waals surface area (Å²) in [5, 5.41) is 0.359. The molecule has 0 saturated carbocycles. The average Bonchev–Trinajstić information content (AvgIpc) is 2.15. The number of hydrogen-bond donors (Lipinski definition) is 1. The molecule has 0 bridgehead atoms. The Hall–Kier alpha value is -1.49. The molecule has 2 aromatic rings. The van der Waals surface area contributed by atoms with Gasteiger partial charge in [0.2, 0.25) is 5.43 Å². The molecule has 0 aliphatic rings. The van der Waals surface area contributed by atoms with Gasteiger partial charge in [0, 0.05) is 17.3 Å². The first-order chi connectivity index (χ1) is 7.50. The minimum atomic E-state index is -1.35. The fourth-order valence-corrected chi connectivity index (χ4v) is 2.57. The van der Waals surface area contributed by atoms with E-state index in [-0.39, 0.29) is 10.3 Å². The van der Waals surface area contributed by atoms with Gasteiger partial charge in [-0.3, -0.25) is 9.00 Å². The van der Waals surface area contributed by atoms with Crippen LogP contribution in [0.5, 0.6) is 0 Å². The van der Waals surface area contributed by atoms with Crippen molar-refractivity contribution in [1.82, 2.24) is 4.98 Å². The third-order valence-corrected chi connectivity index (χ3v) is 3.45. The highest BCUT2D eigenvalue weighted by molar-refractivity contribution is 7.84. The molecule has 0 amide bonds. The summed E-state index contributed by atoms with van der Waals surface area (Å²) in [4.78, 5) is 15.1. The fourth-order valence-electron chi connectivity index (χ4n) is 1.72. The number of H-pyrrole nitrogens is 1. The van der Waals surface area contributed by atoms with Crippen LogP contribution in [0.4, 0.5) is 4.39 Å². The van der Waals surface area contributed by atoms with Crippen LogP contribution in [0.2, 0.25) is 0 Å². The Morgan fingerprint density at radius 2 is 2.06 bits per heavy atom. The third-order valence-electron chi connectivity index (χ3n) is 2.38. The lowest BCUT2D eigenvalue weighted by molar-refractivity contribution is 0.629. The first kappa shape index (κ1) is 11.0. The summed E-state index contributed by atoms with van der Waals surface area (Å²) in [6, 6.07) is 3.88. The van der Waals surface area contributed by atoms with Crippen LogP contribution in [-0.4, -0.2) is 15.4 Å². The number of hydrogen-bond acceptors (Lipinski definition) is 2. The molecule has 0 aliphatic carbocycles. The largest absolute Gasteiger partial charge is 0.357 e. The summed E-state index contributed by atoms with van der Waals surface area (Å²) in [6.45, 7) is 1.66. The summed E-state index contributed by atoms with van der Waals surface area (Å²) in [6.07, 6.45) is 1.45. The van der Waals surface area contributed by atoms with E-state index in [4.69, 9.17) is 0 Å². The number of nitrogens with one attached hydrogen (secondary N) is 1. The number of benzene rings is 1. The number of pyridine rings is 1. The van der Waals surface area contributed by atoms with Gasteiger partial charge in [0.25, 0.3) is 0 Å². The Balaban J connectivity index is 2.95. The maximum atomic E-state index is 13.0. The number of fused-ring (bicyclic) bond motifs is 1. The molecular weight excluding hydrogens is 229 g/mol. The minimum absolute atomic E-state index is 0.249. The summed E-state index contributed by atoms with van der Waals surface area (Å²) in [5.74, 6) is -0.409. The predicted molar refractivity (Wildman–Crippen MR) is 61.6 cm³/mol. The van der Waals surface area contributed by atoms with Crippen molar-refractivity contribution in [3.05, 3.63) is 39.9 Å². The summed E-state index contributed by atoms with van der Waals surface area (Å²) >= 11 is 0. The zero-order valence-corrected chi connectivity index (χ0v) is 9.65. The average molecular weight is 239 g/mol. The molecule has 0 aliphatic heterocycles. The third kappa shape index (κ3) is 1.67. The van der Waals surface area contributed by atoms with Crippen molar-refractivity contribution in [2.24, 2.45) is 0 Å². The standard InChI is InChI=1S/C11H10FNO2S/c1-6-11(16(2)15)10(14)8-4-3-7(12)5-9(8)13-6/h3-5H,1-2H3,(H,13,14). The summed E-state index contributed by atoms with van der Waals surface area (Å²) in [5.41, 5.74) is 0.646. The number of rotatable bonds is 1. The van der Waals surface area contributed by atoms with Crippen molar-refractivity contribution in [1.29, 1.82) is 0 Å². The quantitative estimate of drug-likeness (QED) is 0.823. The number of aryl methyl sites for hydroxylation is 1. The van der Waals surface area contributed by atoms with E-state index in [0.29, 0.717) is 16.6 Å². The van der Waals surface area contributed by atoms with Crippen molar-refractivity contribution in [2.75, 3.05) is 6.26 Å². The molecule has 5 heteroatoms. The fraction of sp³-hybridized carbons (Fsp3) is 0.182. The van der Waals surface area contributed by atoms with E-state index in [9.17, 15) is 13.4 Å². The SMILES string of the molecule is Cc1[nH]c2cc(F)ccc2c(=O)c1S(C)=O. The molecule has 1 N–H and O–H groups in total. The molecule has 16 heavy (non-hydrogen) atoms. The Labute approximate surface area is 93.8 Å². The van der Waals surface area contributed by atoms with Crippen LogP contribution in [0.3, 0.4) is 0 Å². The van der Waals surface area contributed by atoms with Gasteiger partial charge in [-0.25, -0.2) is 4.39 Å². The van der Waals surface area contributed by atoms with E-state index in [0.717, 1.165) is 0 Å². The molecule has 84 valence electrons. The first-order valence-corrected chi connectivity index (χ1v) is 6.22. The summed E-state index contributed by atoms with van der Waals surface area (Å²) in [7, 11) is -1.35. The van der Waals surface area contributed by atoms with Crippen LogP contribution in [0.15, 0.2) is 27.9 Å². The van der Waals surface area contributed by atoms with Gasteiger partial charge < -0.3 is 4.98 Å². The molecule has 1 heterocycles. The van der Waals surface area contributed by atoms with Gasteiger partial charge in [-0.2, -0.15) is 0 Å². The molecule has 0 saturated heterocycles. The lowest BCUT2D eigenvalue weighted by atomic mass is 10.2. The number of aromatic amines is 1. The molecule has 0 fully saturated rings. The number of halogens is 1. The first-order valence-electron chi connectivity index (χ1n) is 4.66. The molecule has 1 unspecified atom stereocenters. The monoisotopic (exact) mass is 239 g/mol. The van der Waals surface area contributed by atoms with Gasteiger partial charge in [0.05, 0.1) is 16.3 Å². The van der Waals surface area contributed by atoms with E-state index in [2.05, 4.69) is 4.98 Å². The van der Waals surface area contributed by atoms with Crippen LogP contribution in [0.1, 0.15) is 5.69 Å². The smallest absolute Gasteiger partial charge is 0.205 e. The zero-order chi connectivity index (χ0) is 11.9. The maximum absolute atomic E-state index is 13.0. The van der Waals surface area contributed by atoms with Crippen LogP contribution in [0, 0.1) is 12.7 Å². The number of aromatic nitrogens is 1. The van der Waals surface area contributed by atoms with Crippen molar-refractivity contribution < 1.29 is 8.60 Å². The molecule has 3 nitrogen and oxygen atoms in total. The van der Waals surface area contributed by atoms with E-state index in [1.54, 1.807) is 6.92 Å². The molecule has 1 atom stereocenters. The Morgan fingerprint density at radius 1 is 1.38 bits per heavy atom. The molecule has 0 radical (unpaired) electrons. The van der Waals surface area contributed by atoms with Crippen molar-refractivity contribution in [2.45, 2.75) is 11.8 Å². The molecule has 1 aromatic heterocycles. The van der Waals surface area contributed by atoms with Crippen molar-refractivity contribution in [3.8, 4) is 0 Å². The topological polar surface area (TPSA) is 49.9 Å². The van der Waals surface area contributed by atoms with Gasteiger partial charge in [-0.1, -0.05) is 0 Å². The van der Waals surface area contributed by atoms with E-state index in [1.165, 1.54) is 24.5 Å². The Morgan fingerprint density at radius 3 is 2.69 bits per heavy atom. The highest BCUT2D eigenvalue weighted by Gasteiger charge is 2.12.